The monoisotopic (exact) mass is 203 g/mol. The maximum atomic E-state index is 11.2. The summed E-state index contributed by atoms with van der Waals surface area (Å²) in [5, 5.41) is 2.76. The van der Waals surface area contributed by atoms with Crippen molar-refractivity contribution in [1.82, 2.24) is 5.32 Å². The van der Waals surface area contributed by atoms with Crippen molar-refractivity contribution < 1.29 is 19.1 Å². The first-order valence-electron chi connectivity index (χ1n) is 4.62. The number of rotatable bonds is 6. The third-order valence-corrected chi connectivity index (χ3v) is 1.70. The van der Waals surface area contributed by atoms with Gasteiger partial charge in [0.2, 0.25) is 0 Å². The Kier molecular flexibility index (Phi) is 6.74. The zero-order chi connectivity index (χ0) is 11.0. The molecule has 1 N–H and O–H groups in total. The van der Waals surface area contributed by atoms with Crippen molar-refractivity contribution in [3.8, 4) is 0 Å². The Morgan fingerprint density at radius 3 is 2.43 bits per heavy atom. The van der Waals surface area contributed by atoms with Crippen molar-refractivity contribution in [2.24, 2.45) is 0 Å². The SMILES string of the molecule is CCOC(=O)C(CC)NCC(=O)OC. The molecular weight excluding hydrogens is 186 g/mol. The maximum absolute atomic E-state index is 11.2. The van der Waals surface area contributed by atoms with E-state index in [0.717, 1.165) is 0 Å². The van der Waals surface area contributed by atoms with Gasteiger partial charge in [-0.2, -0.15) is 0 Å². The highest BCUT2D eigenvalue weighted by Crippen LogP contribution is 1.94. The van der Waals surface area contributed by atoms with E-state index in [1.54, 1.807) is 6.92 Å². The van der Waals surface area contributed by atoms with E-state index in [0.29, 0.717) is 13.0 Å². The molecule has 14 heavy (non-hydrogen) atoms. The molecule has 5 nitrogen and oxygen atoms in total. The van der Waals surface area contributed by atoms with Gasteiger partial charge in [0.05, 0.1) is 20.3 Å². The van der Waals surface area contributed by atoms with Gasteiger partial charge in [0.25, 0.3) is 0 Å². The Hall–Kier alpha value is -1.10. The van der Waals surface area contributed by atoms with Crippen LogP contribution in [0.25, 0.3) is 0 Å². The largest absolute Gasteiger partial charge is 0.468 e. The number of hydrogen-bond acceptors (Lipinski definition) is 5. The molecule has 0 saturated carbocycles. The maximum Gasteiger partial charge on any atom is 0.323 e. The molecule has 82 valence electrons. The molecule has 0 rings (SSSR count). The average molecular weight is 203 g/mol. The van der Waals surface area contributed by atoms with Crippen LogP contribution in [-0.4, -0.2) is 38.2 Å². The first-order chi connectivity index (χ1) is 6.65. The Bertz CT molecular complexity index is 193. The van der Waals surface area contributed by atoms with Crippen molar-refractivity contribution in [2.45, 2.75) is 26.3 Å². The molecule has 0 aromatic rings. The lowest BCUT2D eigenvalue weighted by molar-refractivity contribution is -0.146. The van der Waals surface area contributed by atoms with E-state index in [4.69, 9.17) is 4.74 Å². The lowest BCUT2D eigenvalue weighted by Crippen LogP contribution is -2.40. The standard InChI is InChI=1S/C9H17NO4/c1-4-7(9(12)14-5-2)10-6-8(11)13-3/h7,10H,4-6H2,1-3H3. The van der Waals surface area contributed by atoms with E-state index >= 15 is 0 Å². The highest BCUT2D eigenvalue weighted by Gasteiger charge is 2.17. The molecule has 5 heteroatoms. The molecule has 0 heterocycles. The highest BCUT2D eigenvalue weighted by molar-refractivity contribution is 5.77. The summed E-state index contributed by atoms with van der Waals surface area (Å²) in [7, 11) is 1.30. The van der Waals surface area contributed by atoms with Gasteiger partial charge in [-0.05, 0) is 13.3 Å². The molecule has 0 amide bonds. The molecule has 0 fully saturated rings. The van der Waals surface area contributed by atoms with Gasteiger partial charge in [-0.25, -0.2) is 0 Å². The zero-order valence-corrected chi connectivity index (χ0v) is 8.83. The highest BCUT2D eigenvalue weighted by atomic mass is 16.5. The fourth-order valence-electron chi connectivity index (χ4n) is 0.916. The van der Waals surface area contributed by atoms with Crippen molar-refractivity contribution in [2.75, 3.05) is 20.3 Å². The molecule has 0 radical (unpaired) electrons. The molecule has 0 aliphatic carbocycles. The lowest BCUT2D eigenvalue weighted by atomic mass is 10.2. The topological polar surface area (TPSA) is 64.6 Å². The van der Waals surface area contributed by atoms with Gasteiger partial charge >= 0.3 is 11.9 Å². The van der Waals surface area contributed by atoms with Gasteiger partial charge in [0.15, 0.2) is 0 Å². The van der Waals surface area contributed by atoms with Gasteiger partial charge in [0.1, 0.15) is 6.04 Å². The van der Waals surface area contributed by atoms with Crippen LogP contribution in [0.2, 0.25) is 0 Å². The Balaban J connectivity index is 3.90. The van der Waals surface area contributed by atoms with Crippen molar-refractivity contribution in [3.63, 3.8) is 0 Å². The molecule has 0 bridgehead atoms. The number of ether oxygens (including phenoxy) is 2. The molecule has 0 saturated heterocycles. The number of carbonyl (C=O) groups excluding carboxylic acids is 2. The second-order valence-electron chi connectivity index (χ2n) is 2.67. The number of methoxy groups -OCH3 is 1. The normalized spacial score (nSPS) is 11.9. The fraction of sp³-hybridized carbons (Fsp3) is 0.778. The second-order valence-corrected chi connectivity index (χ2v) is 2.67. The van der Waals surface area contributed by atoms with Crippen molar-refractivity contribution in [3.05, 3.63) is 0 Å². The van der Waals surface area contributed by atoms with Crippen LogP contribution in [0.15, 0.2) is 0 Å². The van der Waals surface area contributed by atoms with E-state index in [9.17, 15) is 9.59 Å². The predicted molar refractivity (Wildman–Crippen MR) is 50.7 cm³/mol. The molecule has 0 aromatic heterocycles. The number of nitrogens with one attached hydrogen (secondary N) is 1. The van der Waals surface area contributed by atoms with Crippen LogP contribution in [0.1, 0.15) is 20.3 Å². The Morgan fingerprint density at radius 2 is 2.00 bits per heavy atom. The molecule has 0 aliphatic rings. The van der Waals surface area contributed by atoms with Crippen LogP contribution in [0.3, 0.4) is 0 Å². The Labute approximate surface area is 83.8 Å². The van der Waals surface area contributed by atoms with Gasteiger partial charge in [-0.3, -0.25) is 14.9 Å². The number of esters is 2. The molecule has 1 unspecified atom stereocenters. The minimum atomic E-state index is -0.436. The van der Waals surface area contributed by atoms with E-state index < -0.39 is 12.0 Å². The van der Waals surface area contributed by atoms with Gasteiger partial charge in [0, 0.05) is 0 Å². The van der Waals surface area contributed by atoms with Gasteiger partial charge in [-0.15, -0.1) is 0 Å². The first kappa shape index (κ1) is 12.9. The summed E-state index contributed by atoms with van der Waals surface area (Å²) in [4.78, 5) is 22.0. The summed E-state index contributed by atoms with van der Waals surface area (Å²) in [6.45, 7) is 3.94. The average Bonchev–Trinajstić information content (AvgIpc) is 2.18. The first-order valence-corrected chi connectivity index (χ1v) is 4.62. The van der Waals surface area contributed by atoms with Gasteiger partial charge in [-0.1, -0.05) is 6.92 Å². The fourth-order valence-corrected chi connectivity index (χ4v) is 0.916. The summed E-state index contributed by atoms with van der Waals surface area (Å²) in [6, 6.07) is -0.436. The molecule has 0 aromatic carbocycles. The third-order valence-electron chi connectivity index (χ3n) is 1.70. The molecule has 0 aliphatic heterocycles. The lowest BCUT2D eigenvalue weighted by Gasteiger charge is -2.14. The van der Waals surface area contributed by atoms with E-state index in [2.05, 4.69) is 10.1 Å². The van der Waals surface area contributed by atoms with Crippen molar-refractivity contribution in [1.29, 1.82) is 0 Å². The van der Waals surface area contributed by atoms with Gasteiger partial charge < -0.3 is 9.47 Å². The van der Waals surface area contributed by atoms with Crippen LogP contribution in [0.4, 0.5) is 0 Å². The quantitative estimate of drug-likeness (QED) is 0.620. The second kappa shape index (κ2) is 7.32. The van der Waals surface area contributed by atoms with Crippen LogP contribution in [0, 0.1) is 0 Å². The van der Waals surface area contributed by atoms with Crippen LogP contribution in [-0.2, 0) is 19.1 Å². The molecular formula is C9H17NO4. The van der Waals surface area contributed by atoms with Crippen molar-refractivity contribution >= 4 is 11.9 Å². The summed E-state index contributed by atoms with van der Waals surface area (Å²) in [5.41, 5.74) is 0. The van der Waals surface area contributed by atoms with E-state index in [1.165, 1.54) is 7.11 Å². The summed E-state index contributed by atoms with van der Waals surface area (Å²) in [5.74, 6) is -0.730. The summed E-state index contributed by atoms with van der Waals surface area (Å²) in [6.07, 6.45) is 0.579. The number of hydrogen-bond donors (Lipinski definition) is 1. The van der Waals surface area contributed by atoms with Crippen LogP contribution < -0.4 is 5.32 Å². The summed E-state index contributed by atoms with van der Waals surface area (Å²) < 4.78 is 9.24. The molecule has 1 atom stereocenters. The summed E-state index contributed by atoms with van der Waals surface area (Å²) >= 11 is 0. The zero-order valence-electron chi connectivity index (χ0n) is 8.83. The van der Waals surface area contributed by atoms with Crippen LogP contribution >= 0.6 is 0 Å². The molecule has 0 spiro atoms. The minimum absolute atomic E-state index is 0.0216. The Morgan fingerprint density at radius 1 is 1.36 bits per heavy atom. The van der Waals surface area contributed by atoms with E-state index in [-0.39, 0.29) is 12.5 Å². The number of carbonyl (C=O) groups is 2. The smallest absolute Gasteiger partial charge is 0.323 e. The van der Waals surface area contributed by atoms with E-state index in [1.807, 2.05) is 6.92 Å². The predicted octanol–water partition coefficient (Wildman–Crippen LogP) is 0.0907. The third kappa shape index (κ3) is 4.81. The van der Waals surface area contributed by atoms with Crippen LogP contribution in [0.5, 0.6) is 0 Å². The minimum Gasteiger partial charge on any atom is -0.468 e.